The number of nitrogens with one attached hydrogen (secondary N) is 2. The van der Waals surface area contributed by atoms with Crippen molar-refractivity contribution < 1.29 is 24.2 Å². The fourth-order valence-corrected chi connectivity index (χ4v) is 4.34. The van der Waals surface area contributed by atoms with Gasteiger partial charge in [0.05, 0.1) is 5.69 Å². The third-order valence-electron chi connectivity index (χ3n) is 6.11. The average Bonchev–Trinajstić information content (AvgIpc) is 3.37. The summed E-state index contributed by atoms with van der Waals surface area (Å²) in [5, 5.41) is 18.3. The molecule has 1 unspecified atom stereocenters. The second kappa shape index (κ2) is 10.4. The maximum atomic E-state index is 12.3. The Balaban J connectivity index is 1.22. The SMILES string of the molecule is CC(CCC(=O)Nc1cn(C)nc1C(=O)O)CNC(=O)OCC1c2ccccc2-c2ccccc21. The molecule has 1 heterocycles. The van der Waals surface area contributed by atoms with Gasteiger partial charge in [0.15, 0.2) is 5.69 Å². The van der Waals surface area contributed by atoms with E-state index in [-0.39, 0.29) is 42.2 Å². The van der Waals surface area contributed by atoms with Gasteiger partial charge >= 0.3 is 12.1 Å². The summed E-state index contributed by atoms with van der Waals surface area (Å²) in [4.78, 5) is 35.8. The van der Waals surface area contributed by atoms with Crippen molar-refractivity contribution in [2.24, 2.45) is 13.0 Å². The first-order valence-electron chi connectivity index (χ1n) is 11.5. The van der Waals surface area contributed by atoms with Gasteiger partial charge in [-0.15, -0.1) is 0 Å². The lowest BCUT2D eigenvalue weighted by Gasteiger charge is -2.16. The monoisotopic (exact) mass is 476 g/mol. The van der Waals surface area contributed by atoms with Gasteiger partial charge in [-0.3, -0.25) is 9.48 Å². The molecule has 4 rings (SSSR count). The number of benzene rings is 2. The molecule has 0 spiro atoms. The van der Waals surface area contributed by atoms with Crippen LogP contribution in [0.15, 0.2) is 54.7 Å². The molecule has 3 N–H and O–H groups in total. The number of aryl methyl sites for hydroxylation is 1. The van der Waals surface area contributed by atoms with Crippen molar-refractivity contribution in [3.8, 4) is 11.1 Å². The minimum Gasteiger partial charge on any atom is -0.476 e. The number of carbonyl (C=O) groups is 3. The van der Waals surface area contributed by atoms with Gasteiger partial charge in [-0.25, -0.2) is 9.59 Å². The number of nitrogens with zero attached hydrogens (tertiary/aromatic N) is 2. The summed E-state index contributed by atoms with van der Waals surface area (Å²) in [5.74, 6) is -1.50. The first-order valence-corrected chi connectivity index (χ1v) is 11.5. The van der Waals surface area contributed by atoms with Crippen LogP contribution in [0.5, 0.6) is 0 Å². The topological polar surface area (TPSA) is 123 Å². The number of anilines is 1. The molecule has 1 aromatic heterocycles. The number of fused-ring (bicyclic) bond motifs is 3. The summed E-state index contributed by atoms with van der Waals surface area (Å²) in [6.45, 7) is 2.52. The van der Waals surface area contributed by atoms with Gasteiger partial charge in [0.2, 0.25) is 5.91 Å². The van der Waals surface area contributed by atoms with Crippen molar-refractivity contribution in [2.75, 3.05) is 18.5 Å². The number of hydrogen-bond donors (Lipinski definition) is 3. The van der Waals surface area contributed by atoms with E-state index in [4.69, 9.17) is 9.84 Å². The molecule has 0 fully saturated rings. The molecule has 0 saturated carbocycles. The normalized spacial score (nSPS) is 13.0. The fraction of sp³-hybridized carbons (Fsp3) is 0.308. The number of alkyl carbamates (subject to hydrolysis) is 1. The molecule has 2 aromatic carbocycles. The number of rotatable bonds is 9. The van der Waals surface area contributed by atoms with Crippen LogP contribution in [-0.2, 0) is 16.6 Å². The molecule has 9 heteroatoms. The van der Waals surface area contributed by atoms with Crippen molar-refractivity contribution >= 4 is 23.7 Å². The number of hydrogen-bond acceptors (Lipinski definition) is 5. The Morgan fingerprint density at radius 1 is 1.09 bits per heavy atom. The lowest BCUT2D eigenvalue weighted by molar-refractivity contribution is -0.116. The van der Waals surface area contributed by atoms with Crippen LogP contribution in [0.1, 0.15) is 47.3 Å². The van der Waals surface area contributed by atoms with Crippen LogP contribution in [0.2, 0.25) is 0 Å². The molecule has 2 amide bonds. The van der Waals surface area contributed by atoms with E-state index in [1.165, 1.54) is 22.0 Å². The maximum Gasteiger partial charge on any atom is 0.407 e. The van der Waals surface area contributed by atoms with Crippen molar-refractivity contribution in [3.05, 3.63) is 71.5 Å². The van der Waals surface area contributed by atoms with Crippen LogP contribution in [0, 0.1) is 5.92 Å². The molecule has 182 valence electrons. The molecule has 0 bridgehead atoms. The Morgan fingerprint density at radius 2 is 1.71 bits per heavy atom. The minimum atomic E-state index is -1.21. The lowest BCUT2D eigenvalue weighted by Crippen LogP contribution is -2.30. The highest BCUT2D eigenvalue weighted by molar-refractivity contribution is 5.99. The first kappa shape index (κ1) is 24.0. The molecule has 0 radical (unpaired) electrons. The van der Waals surface area contributed by atoms with Gasteiger partial charge in [0, 0.05) is 32.1 Å². The largest absolute Gasteiger partial charge is 0.476 e. The van der Waals surface area contributed by atoms with E-state index in [2.05, 4.69) is 40.0 Å². The van der Waals surface area contributed by atoms with E-state index < -0.39 is 12.1 Å². The molecule has 3 aromatic rings. The summed E-state index contributed by atoms with van der Waals surface area (Å²) in [6.07, 6.45) is 1.65. The quantitative estimate of drug-likeness (QED) is 0.429. The number of aromatic nitrogens is 2. The fourth-order valence-electron chi connectivity index (χ4n) is 4.34. The highest BCUT2D eigenvalue weighted by Gasteiger charge is 2.29. The second-order valence-corrected chi connectivity index (χ2v) is 8.77. The van der Waals surface area contributed by atoms with Crippen molar-refractivity contribution in [1.82, 2.24) is 15.1 Å². The van der Waals surface area contributed by atoms with E-state index >= 15 is 0 Å². The Bertz CT molecular complexity index is 1210. The van der Waals surface area contributed by atoms with Crippen LogP contribution >= 0.6 is 0 Å². The molecule has 0 aliphatic heterocycles. The lowest BCUT2D eigenvalue weighted by atomic mass is 9.98. The van der Waals surface area contributed by atoms with Crippen LogP contribution in [-0.4, -0.2) is 46.0 Å². The molecule has 0 saturated heterocycles. The zero-order valence-corrected chi connectivity index (χ0v) is 19.7. The number of carboxylic acid groups (broad SMARTS) is 1. The Morgan fingerprint density at radius 3 is 2.34 bits per heavy atom. The summed E-state index contributed by atoms with van der Waals surface area (Å²) in [6, 6.07) is 16.3. The predicted molar refractivity (Wildman–Crippen MR) is 130 cm³/mol. The Hall–Kier alpha value is -4.14. The van der Waals surface area contributed by atoms with Gasteiger partial charge in [-0.05, 0) is 34.6 Å². The third kappa shape index (κ3) is 5.51. The molecule has 1 atom stereocenters. The summed E-state index contributed by atoms with van der Waals surface area (Å²) in [7, 11) is 1.58. The summed E-state index contributed by atoms with van der Waals surface area (Å²) >= 11 is 0. The smallest absolute Gasteiger partial charge is 0.407 e. The molecule has 1 aliphatic carbocycles. The minimum absolute atomic E-state index is 0.00237. The van der Waals surface area contributed by atoms with E-state index in [0.717, 1.165) is 11.1 Å². The second-order valence-electron chi connectivity index (χ2n) is 8.77. The molecular formula is C26H28N4O5. The molecule has 35 heavy (non-hydrogen) atoms. The highest BCUT2D eigenvalue weighted by atomic mass is 16.5. The molecule has 1 aliphatic rings. The Labute approximate surface area is 203 Å². The van der Waals surface area contributed by atoms with Crippen LogP contribution in [0.25, 0.3) is 11.1 Å². The van der Waals surface area contributed by atoms with Crippen LogP contribution in [0.4, 0.5) is 10.5 Å². The molecule has 9 nitrogen and oxygen atoms in total. The zero-order valence-electron chi connectivity index (χ0n) is 19.7. The standard InChI is InChI=1S/C26H28N4O5/c1-16(11-12-23(31)28-22-14-30(2)29-24(22)25(32)33)13-27-26(34)35-15-21-19-9-5-3-7-17(19)18-8-4-6-10-20(18)21/h3-10,14,16,21H,11-13,15H2,1-2H3,(H,27,34)(H,28,31)(H,32,33). The predicted octanol–water partition coefficient (Wildman–Crippen LogP) is 4.01. The van der Waals surface area contributed by atoms with Gasteiger partial charge in [0.1, 0.15) is 6.61 Å². The van der Waals surface area contributed by atoms with E-state index in [1.54, 1.807) is 7.05 Å². The number of amides is 2. The van der Waals surface area contributed by atoms with Gasteiger partial charge in [0.25, 0.3) is 0 Å². The number of ether oxygens (including phenoxy) is 1. The van der Waals surface area contributed by atoms with E-state index in [1.807, 2.05) is 31.2 Å². The average molecular weight is 477 g/mol. The zero-order chi connectivity index (χ0) is 24.9. The van der Waals surface area contributed by atoms with Gasteiger partial charge < -0.3 is 20.5 Å². The van der Waals surface area contributed by atoms with Crippen molar-refractivity contribution in [1.29, 1.82) is 0 Å². The first-order chi connectivity index (χ1) is 16.8. The number of aromatic carboxylic acids is 1. The van der Waals surface area contributed by atoms with E-state index in [9.17, 15) is 14.4 Å². The Kier molecular flexibility index (Phi) is 7.14. The van der Waals surface area contributed by atoms with Crippen molar-refractivity contribution in [3.63, 3.8) is 0 Å². The van der Waals surface area contributed by atoms with Crippen LogP contribution in [0.3, 0.4) is 0 Å². The number of carboxylic acids is 1. The highest BCUT2D eigenvalue weighted by Crippen LogP contribution is 2.44. The summed E-state index contributed by atoms with van der Waals surface area (Å²) < 4.78 is 6.87. The van der Waals surface area contributed by atoms with Gasteiger partial charge in [-0.1, -0.05) is 55.5 Å². The number of carbonyl (C=O) groups excluding carboxylic acids is 2. The van der Waals surface area contributed by atoms with Crippen LogP contribution < -0.4 is 10.6 Å². The maximum absolute atomic E-state index is 12.3. The molecular weight excluding hydrogens is 448 g/mol. The van der Waals surface area contributed by atoms with Crippen molar-refractivity contribution in [2.45, 2.75) is 25.7 Å². The summed E-state index contributed by atoms with van der Waals surface area (Å²) in [5.41, 5.74) is 4.61. The third-order valence-corrected chi connectivity index (χ3v) is 6.11. The van der Waals surface area contributed by atoms with E-state index in [0.29, 0.717) is 13.0 Å². The van der Waals surface area contributed by atoms with Gasteiger partial charge in [-0.2, -0.15) is 5.10 Å².